The molecule has 0 saturated heterocycles. The number of rotatable bonds is 4. The highest BCUT2D eigenvalue weighted by atomic mass is 35.5. The molecule has 0 aliphatic carbocycles. The zero-order chi connectivity index (χ0) is 9.68. The molecule has 0 atom stereocenters. The van der Waals surface area contributed by atoms with Crippen LogP contribution in [0.25, 0.3) is 0 Å². The van der Waals surface area contributed by atoms with Crippen molar-refractivity contribution in [3.8, 4) is 0 Å². The van der Waals surface area contributed by atoms with Gasteiger partial charge in [0.05, 0.1) is 0 Å². The number of methoxy groups -OCH3 is 1. The van der Waals surface area contributed by atoms with Crippen LogP contribution in [-0.4, -0.2) is 13.7 Å². The van der Waals surface area contributed by atoms with Crippen LogP contribution >= 0.6 is 11.6 Å². The van der Waals surface area contributed by atoms with E-state index in [0.29, 0.717) is 0 Å². The maximum atomic E-state index is 5.92. The fourth-order valence-electron chi connectivity index (χ4n) is 1.28. The molecule has 0 aromatic heterocycles. The number of hydrogen-bond donors (Lipinski definition) is 0. The standard InChI is InChI=1S/C11H15ClO/c1-9-8-10(4-3-7-13-2)5-6-11(9)12/h5-6,8H,3-4,7H2,1-2H3. The Hall–Kier alpha value is -0.530. The first kappa shape index (κ1) is 10.6. The van der Waals surface area contributed by atoms with E-state index >= 15 is 0 Å². The van der Waals surface area contributed by atoms with Crippen LogP contribution in [-0.2, 0) is 11.2 Å². The third-order valence-electron chi connectivity index (χ3n) is 2.04. The lowest BCUT2D eigenvalue weighted by Crippen LogP contribution is -1.93. The summed E-state index contributed by atoms with van der Waals surface area (Å²) in [6, 6.07) is 6.17. The molecule has 0 amide bonds. The average Bonchev–Trinajstić information content (AvgIpc) is 2.12. The molecule has 0 aliphatic heterocycles. The van der Waals surface area contributed by atoms with E-state index in [1.807, 2.05) is 13.0 Å². The van der Waals surface area contributed by atoms with E-state index in [9.17, 15) is 0 Å². The van der Waals surface area contributed by atoms with Gasteiger partial charge in [0, 0.05) is 18.7 Å². The van der Waals surface area contributed by atoms with Crippen molar-refractivity contribution in [2.24, 2.45) is 0 Å². The summed E-state index contributed by atoms with van der Waals surface area (Å²) >= 11 is 5.92. The Morgan fingerprint density at radius 3 is 2.77 bits per heavy atom. The molecule has 2 heteroatoms. The summed E-state index contributed by atoms with van der Waals surface area (Å²) in [6.45, 7) is 2.85. The van der Waals surface area contributed by atoms with Gasteiger partial charge in [-0.1, -0.05) is 23.7 Å². The normalized spacial score (nSPS) is 10.4. The summed E-state index contributed by atoms with van der Waals surface area (Å²) < 4.78 is 4.99. The quantitative estimate of drug-likeness (QED) is 0.675. The van der Waals surface area contributed by atoms with Gasteiger partial charge < -0.3 is 4.74 Å². The smallest absolute Gasteiger partial charge is 0.0465 e. The minimum absolute atomic E-state index is 0.821. The molecule has 1 nitrogen and oxygen atoms in total. The summed E-state index contributed by atoms with van der Waals surface area (Å²) in [4.78, 5) is 0. The van der Waals surface area contributed by atoms with Gasteiger partial charge in [-0.3, -0.25) is 0 Å². The van der Waals surface area contributed by atoms with Crippen molar-refractivity contribution in [2.45, 2.75) is 19.8 Å². The van der Waals surface area contributed by atoms with Gasteiger partial charge in [0.15, 0.2) is 0 Å². The van der Waals surface area contributed by atoms with Gasteiger partial charge in [0.2, 0.25) is 0 Å². The second kappa shape index (κ2) is 5.25. The van der Waals surface area contributed by atoms with Gasteiger partial charge in [-0.15, -0.1) is 0 Å². The zero-order valence-corrected chi connectivity index (χ0v) is 8.90. The van der Waals surface area contributed by atoms with Gasteiger partial charge in [-0.2, -0.15) is 0 Å². The first-order chi connectivity index (χ1) is 6.24. The Balaban J connectivity index is 2.53. The summed E-state index contributed by atoms with van der Waals surface area (Å²) in [5, 5.41) is 0.843. The SMILES string of the molecule is COCCCc1ccc(Cl)c(C)c1. The molecule has 0 radical (unpaired) electrons. The Morgan fingerprint density at radius 2 is 2.15 bits per heavy atom. The molecule has 0 bridgehead atoms. The Labute approximate surface area is 84.7 Å². The van der Waals surface area contributed by atoms with Crippen molar-refractivity contribution in [1.29, 1.82) is 0 Å². The van der Waals surface area contributed by atoms with E-state index in [1.54, 1.807) is 7.11 Å². The molecular formula is C11H15ClO. The minimum Gasteiger partial charge on any atom is -0.385 e. The van der Waals surface area contributed by atoms with Crippen molar-refractivity contribution in [3.05, 3.63) is 34.3 Å². The molecule has 13 heavy (non-hydrogen) atoms. The van der Waals surface area contributed by atoms with Gasteiger partial charge in [-0.25, -0.2) is 0 Å². The lowest BCUT2D eigenvalue weighted by Gasteiger charge is -2.03. The van der Waals surface area contributed by atoms with E-state index in [0.717, 1.165) is 30.0 Å². The number of aryl methyl sites for hydroxylation is 2. The second-order valence-electron chi connectivity index (χ2n) is 3.18. The lowest BCUT2D eigenvalue weighted by molar-refractivity contribution is 0.195. The highest BCUT2D eigenvalue weighted by molar-refractivity contribution is 6.31. The fourth-order valence-corrected chi connectivity index (χ4v) is 1.40. The van der Waals surface area contributed by atoms with Crippen molar-refractivity contribution in [2.75, 3.05) is 13.7 Å². The number of benzene rings is 1. The van der Waals surface area contributed by atoms with E-state index in [2.05, 4.69) is 12.1 Å². The molecule has 72 valence electrons. The number of halogens is 1. The summed E-state index contributed by atoms with van der Waals surface area (Å²) in [5.74, 6) is 0. The van der Waals surface area contributed by atoms with Gasteiger partial charge >= 0.3 is 0 Å². The molecule has 0 saturated carbocycles. The molecular weight excluding hydrogens is 184 g/mol. The van der Waals surface area contributed by atoms with E-state index in [4.69, 9.17) is 16.3 Å². The third kappa shape index (κ3) is 3.37. The van der Waals surface area contributed by atoms with Crippen LogP contribution in [0.2, 0.25) is 5.02 Å². The maximum absolute atomic E-state index is 5.92. The highest BCUT2D eigenvalue weighted by Gasteiger charge is 1.97. The van der Waals surface area contributed by atoms with E-state index < -0.39 is 0 Å². The van der Waals surface area contributed by atoms with Gasteiger partial charge in [0.1, 0.15) is 0 Å². The first-order valence-corrected chi connectivity index (χ1v) is 4.86. The zero-order valence-electron chi connectivity index (χ0n) is 8.14. The average molecular weight is 199 g/mol. The topological polar surface area (TPSA) is 9.23 Å². The monoisotopic (exact) mass is 198 g/mol. The summed E-state index contributed by atoms with van der Waals surface area (Å²) in [5.41, 5.74) is 2.48. The molecule has 1 rings (SSSR count). The van der Waals surface area contributed by atoms with Crippen molar-refractivity contribution >= 4 is 11.6 Å². The number of ether oxygens (including phenoxy) is 1. The molecule has 0 aliphatic rings. The number of hydrogen-bond acceptors (Lipinski definition) is 1. The summed E-state index contributed by atoms with van der Waals surface area (Å²) in [6.07, 6.45) is 2.13. The van der Waals surface area contributed by atoms with E-state index in [-0.39, 0.29) is 0 Å². The second-order valence-corrected chi connectivity index (χ2v) is 3.59. The molecule has 0 heterocycles. The maximum Gasteiger partial charge on any atom is 0.0465 e. The molecule has 0 spiro atoms. The first-order valence-electron chi connectivity index (χ1n) is 4.48. The lowest BCUT2D eigenvalue weighted by atomic mass is 10.1. The van der Waals surface area contributed by atoms with Crippen molar-refractivity contribution < 1.29 is 4.74 Å². The van der Waals surface area contributed by atoms with Crippen LogP contribution in [0.4, 0.5) is 0 Å². The Morgan fingerprint density at radius 1 is 1.38 bits per heavy atom. The van der Waals surface area contributed by atoms with Gasteiger partial charge in [0.25, 0.3) is 0 Å². The van der Waals surface area contributed by atoms with Crippen LogP contribution in [0.15, 0.2) is 18.2 Å². The molecule has 1 aromatic rings. The van der Waals surface area contributed by atoms with Crippen LogP contribution < -0.4 is 0 Å². The fraction of sp³-hybridized carbons (Fsp3) is 0.455. The van der Waals surface area contributed by atoms with E-state index in [1.165, 1.54) is 5.56 Å². The molecule has 0 fully saturated rings. The predicted octanol–water partition coefficient (Wildman–Crippen LogP) is 3.23. The van der Waals surface area contributed by atoms with Crippen molar-refractivity contribution in [1.82, 2.24) is 0 Å². The molecule has 1 aromatic carbocycles. The molecule has 0 unspecified atom stereocenters. The Kier molecular flexibility index (Phi) is 4.26. The predicted molar refractivity (Wildman–Crippen MR) is 56.4 cm³/mol. The minimum atomic E-state index is 0.821. The Bertz CT molecular complexity index is 271. The van der Waals surface area contributed by atoms with Gasteiger partial charge in [-0.05, 0) is 37.0 Å². The molecule has 0 N–H and O–H groups in total. The largest absolute Gasteiger partial charge is 0.385 e. The van der Waals surface area contributed by atoms with Crippen LogP contribution in [0.1, 0.15) is 17.5 Å². The van der Waals surface area contributed by atoms with Crippen LogP contribution in [0.3, 0.4) is 0 Å². The van der Waals surface area contributed by atoms with Crippen molar-refractivity contribution in [3.63, 3.8) is 0 Å². The summed E-state index contributed by atoms with van der Waals surface area (Å²) in [7, 11) is 1.73. The van der Waals surface area contributed by atoms with Crippen LogP contribution in [0, 0.1) is 6.92 Å². The van der Waals surface area contributed by atoms with Crippen LogP contribution in [0.5, 0.6) is 0 Å². The highest BCUT2D eigenvalue weighted by Crippen LogP contribution is 2.16. The third-order valence-corrected chi connectivity index (χ3v) is 2.46.